The lowest BCUT2D eigenvalue weighted by Crippen LogP contribution is -2.37. The Balaban J connectivity index is 3.18. The van der Waals surface area contributed by atoms with E-state index in [1.165, 1.54) is 7.11 Å². The van der Waals surface area contributed by atoms with Gasteiger partial charge in [-0.05, 0) is 12.0 Å². The Bertz CT molecular complexity index is 302. The number of aliphatic carboxylic acids is 1. The van der Waals surface area contributed by atoms with Gasteiger partial charge < -0.3 is 9.84 Å². The van der Waals surface area contributed by atoms with Crippen LogP contribution in [0, 0.1) is 0 Å². The molecular weight excluding hydrogens is 180 g/mol. The zero-order chi connectivity index (χ0) is 10.6. The summed E-state index contributed by atoms with van der Waals surface area (Å²) in [5.41, 5.74) is -0.529. The molecule has 1 aromatic carbocycles. The van der Waals surface area contributed by atoms with Crippen molar-refractivity contribution in [3.8, 4) is 0 Å². The zero-order valence-electron chi connectivity index (χ0n) is 8.36. The van der Waals surface area contributed by atoms with Gasteiger partial charge in [-0.1, -0.05) is 37.3 Å². The number of hydrogen-bond acceptors (Lipinski definition) is 2. The lowest BCUT2D eigenvalue weighted by molar-refractivity contribution is -0.164. The summed E-state index contributed by atoms with van der Waals surface area (Å²) in [5, 5.41) is 9.15. The molecule has 1 unspecified atom stereocenters. The van der Waals surface area contributed by atoms with Gasteiger partial charge in [-0.15, -0.1) is 0 Å². The van der Waals surface area contributed by atoms with E-state index in [4.69, 9.17) is 9.84 Å². The number of ether oxygens (including phenoxy) is 1. The summed E-state index contributed by atoms with van der Waals surface area (Å²) in [7, 11) is 1.42. The SMILES string of the molecule is CCC(OC)(C(=O)O)c1ccccc1. The van der Waals surface area contributed by atoms with E-state index in [2.05, 4.69) is 0 Å². The summed E-state index contributed by atoms with van der Waals surface area (Å²) >= 11 is 0. The predicted molar refractivity (Wildman–Crippen MR) is 53.1 cm³/mol. The lowest BCUT2D eigenvalue weighted by Gasteiger charge is -2.26. The summed E-state index contributed by atoms with van der Waals surface area (Å²) in [6.45, 7) is 1.80. The van der Waals surface area contributed by atoms with E-state index < -0.39 is 11.6 Å². The molecule has 1 rings (SSSR count). The molecule has 14 heavy (non-hydrogen) atoms. The summed E-state index contributed by atoms with van der Waals surface area (Å²) in [5.74, 6) is -0.950. The van der Waals surface area contributed by atoms with Gasteiger partial charge in [0.2, 0.25) is 0 Å². The second kappa shape index (κ2) is 4.24. The number of benzene rings is 1. The van der Waals surface area contributed by atoms with Gasteiger partial charge in [-0.25, -0.2) is 4.79 Å². The third-order valence-corrected chi connectivity index (χ3v) is 2.43. The molecule has 3 heteroatoms. The molecule has 0 aliphatic heterocycles. The van der Waals surface area contributed by atoms with Crippen molar-refractivity contribution >= 4 is 5.97 Å². The first-order chi connectivity index (χ1) is 6.67. The Morgan fingerprint density at radius 2 is 2.00 bits per heavy atom. The molecule has 3 nitrogen and oxygen atoms in total. The second-order valence-corrected chi connectivity index (χ2v) is 3.06. The van der Waals surface area contributed by atoms with Gasteiger partial charge in [0, 0.05) is 7.11 Å². The van der Waals surface area contributed by atoms with Crippen LogP contribution in [-0.2, 0) is 15.1 Å². The minimum atomic E-state index is -1.21. The van der Waals surface area contributed by atoms with E-state index in [1.54, 1.807) is 19.1 Å². The average molecular weight is 194 g/mol. The highest BCUT2D eigenvalue weighted by Gasteiger charge is 2.38. The number of methoxy groups -OCH3 is 1. The maximum absolute atomic E-state index is 11.2. The molecule has 1 atom stereocenters. The molecule has 1 N–H and O–H groups in total. The van der Waals surface area contributed by atoms with E-state index in [0.29, 0.717) is 12.0 Å². The molecule has 0 bridgehead atoms. The smallest absolute Gasteiger partial charge is 0.340 e. The lowest BCUT2D eigenvalue weighted by atomic mass is 9.91. The molecule has 1 aromatic rings. The summed E-state index contributed by atoms with van der Waals surface area (Å²) < 4.78 is 5.14. The predicted octanol–water partition coefficient (Wildman–Crippen LogP) is 2.02. The molecule has 76 valence electrons. The van der Waals surface area contributed by atoms with Crippen LogP contribution in [0.2, 0.25) is 0 Å². The zero-order valence-corrected chi connectivity index (χ0v) is 8.36. The molecule has 0 radical (unpaired) electrons. The molecule has 0 amide bonds. The number of rotatable bonds is 4. The first kappa shape index (κ1) is 10.7. The van der Waals surface area contributed by atoms with Crippen molar-refractivity contribution in [1.29, 1.82) is 0 Å². The van der Waals surface area contributed by atoms with Crippen LogP contribution >= 0.6 is 0 Å². The minimum Gasteiger partial charge on any atom is -0.479 e. The van der Waals surface area contributed by atoms with Crippen LogP contribution in [0.3, 0.4) is 0 Å². The minimum absolute atomic E-state index is 0.406. The number of carbonyl (C=O) groups is 1. The fourth-order valence-electron chi connectivity index (χ4n) is 1.54. The van der Waals surface area contributed by atoms with Gasteiger partial charge in [0.25, 0.3) is 0 Å². The highest BCUT2D eigenvalue weighted by atomic mass is 16.5. The van der Waals surface area contributed by atoms with Crippen molar-refractivity contribution in [1.82, 2.24) is 0 Å². The highest BCUT2D eigenvalue weighted by molar-refractivity contribution is 5.79. The number of hydrogen-bond donors (Lipinski definition) is 1. The van der Waals surface area contributed by atoms with E-state index in [9.17, 15) is 4.79 Å². The monoisotopic (exact) mass is 194 g/mol. The van der Waals surface area contributed by atoms with Crippen LogP contribution in [0.25, 0.3) is 0 Å². The van der Waals surface area contributed by atoms with Gasteiger partial charge in [0.1, 0.15) is 0 Å². The van der Waals surface area contributed by atoms with Crippen molar-refractivity contribution in [2.24, 2.45) is 0 Å². The maximum Gasteiger partial charge on any atom is 0.340 e. The van der Waals surface area contributed by atoms with Crippen molar-refractivity contribution in [3.63, 3.8) is 0 Å². The van der Waals surface area contributed by atoms with Crippen molar-refractivity contribution < 1.29 is 14.6 Å². The first-order valence-electron chi connectivity index (χ1n) is 4.51. The van der Waals surface area contributed by atoms with Crippen LogP contribution in [0.1, 0.15) is 18.9 Å². The Labute approximate surface area is 83.3 Å². The molecule has 0 saturated heterocycles. The van der Waals surface area contributed by atoms with Crippen LogP contribution < -0.4 is 0 Å². The molecule has 0 saturated carbocycles. The van der Waals surface area contributed by atoms with Gasteiger partial charge >= 0.3 is 5.97 Å². The highest BCUT2D eigenvalue weighted by Crippen LogP contribution is 2.28. The van der Waals surface area contributed by atoms with Gasteiger partial charge in [-0.3, -0.25) is 0 Å². The largest absolute Gasteiger partial charge is 0.479 e. The summed E-state index contributed by atoms with van der Waals surface area (Å²) in [6, 6.07) is 8.99. The normalized spacial score (nSPS) is 14.7. The Morgan fingerprint density at radius 3 is 2.36 bits per heavy atom. The third-order valence-electron chi connectivity index (χ3n) is 2.43. The Kier molecular flexibility index (Phi) is 3.25. The van der Waals surface area contributed by atoms with E-state index in [1.807, 2.05) is 18.2 Å². The average Bonchev–Trinajstić information content (AvgIpc) is 2.22. The van der Waals surface area contributed by atoms with Crippen molar-refractivity contribution in [3.05, 3.63) is 35.9 Å². The summed E-state index contributed by atoms with van der Waals surface area (Å²) in [6.07, 6.45) is 0.406. The Morgan fingerprint density at radius 1 is 1.43 bits per heavy atom. The Hall–Kier alpha value is -1.35. The van der Waals surface area contributed by atoms with Crippen molar-refractivity contribution in [2.45, 2.75) is 18.9 Å². The fraction of sp³-hybridized carbons (Fsp3) is 0.364. The van der Waals surface area contributed by atoms with Crippen LogP contribution in [0.15, 0.2) is 30.3 Å². The molecule has 0 aromatic heterocycles. The summed E-state index contributed by atoms with van der Waals surface area (Å²) in [4.78, 5) is 11.2. The van der Waals surface area contributed by atoms with E-state index in [-0.39, 0.29) is 0 Å². The van der Waals surface area contributed by atoms with Gasteiger partial charge in [-0.2, -0.15) is 0 Å². The van der Waals surface area contributed by atoms with Gasteiger partial charge in [0.05, 0.1) is 0 Å². The topological polar surface area (TPSA) is 46.5 Å². The fourth-order valence-corrected chi connectivity index (χ4v) is 1.54. The van der Waals surface area contributed by atoms with Crippen molar-refractivity contribution in [2.75, 3.05) is 7.11 Å². The molecule has 0 aliphatic carbocycles. The molecule has 0 fully saturated rings. The number of carboxylic acids is 1. The van der Waals surface area contributed by atoms with Crippen LogP contribution in [0.4, 0.5) is 0 Å². The first-order valence-corrected chi connectivity index (χ1v) is 4.51. The molecule has 0 spiro atoms. The van der Waals surface area contributed by atoms with E-state index in [0.717, 1.165) is 0 Å². The number of carboxylic acid groups (broad SMARTS) is 1. The van der Waals surface area contributed by atoms with Crippen LogP contribution in [-0.4, -0.2) is 18.2 Å². The molecule has 0 aliphatic rings. The quantitative estimate of drug-likeness (QED) is 0.797. The molecule has 0 heterocycles. The maximum atomic E-state index is 11.2. The second-order valence-electron chi connectivity index (χ2n) is 3.06. The van der Waals surface area contributed by atoms with Gasteiger partial charge in [0.15, 0.2) is 5.60 Å². The van der Waals surface area contributed by atoms with E-state index >= 15 is 0 Å². The standard InChI is InChI=1S/C11H14O3/c1-3-11(14-2,10(12)13)9-7-5-4-6-8-9/h4-8H,3H2,1-2H3,(H,12,13). The molecular formula is C11H14O3. The van der Waals surface area contributed by atoms with Crippen LogP contribution in [0.5, 0.6) is 0 Å². The third kappa shape index (κ3) is 1.63.